The lowest BCUT2D eigenvalue weighted by Crippen LogP contribution is -1.99. The van der Waals surface area contributed by atoms with Crippen molar-refractivity contribution < 1.29 is 0 Å². The van der Waals surface area contributed by atoms with Crippen LogP contribution in [0.15, 0.2) is 27.7 Å². The van der Waals surface area contributed by atoms with Crippen LogP contribution in [0.1, 0.15) is 19.9 Å². The second-order valence-corrected chi connectivity index (χ2v) is 5.26. The van der Waals surface area contributed by atoms with Crippen molar-refractivity contribution in [1.82, 2.24) is 19.7 Å². The molecule has 0 saturated heterocycles. The molecule has 0 radical (unpaired) electrons. The maximum atomic E-state index is 4.30. The molecule has 0 N–H and O–H groups in total. The van der Waals surface area contributed by atoms with Gasteiger partial charge in [-0.3, -0.25) is 4.68 Å². The van der Waals surface area contributed by atoms with Crippen molar-refractivity contribution in [2.75, 3.05) is 0 Å². The molecule has 84 valence electrons. The lowest BCUT2D eigenvalue weighted by atomic mass is 10.3. The third-order valence-electron chi connectivity index (χ3n) is 2.05. The molecule has 0 aliphatic carbocycles. The van der Waals surface area contributed by atoms with Gasteiger partial charge in [-0.15, -0.1) is 0 Å². The Morgan fingerprint density at radius 3 is 2.31 bits per heavy atom. The molecule has 0 aliphatic heterocycles. The van der Waals surface area contributed by atoms with Gasteiger partial charge in [0.25, 0.3) is 0 Å². The predicted octanol–water partition coefficient (Wildman–Crippen LogP) is 3.45. The second-order valence-electron chi connectivity index (χ2n) is 3.64. The van der Waals surface area contributed by atoms with Crippen molar-refractivity contribution in [3.63, 3.8) is 0 Å². The van der Waals surface area contributed by atoms with Crippen LogP contribution in [0.2, 0.25) is 0 Å². The minimum atomic E-state index is 0.337. The Morgan fingerprint density at radius 2 is 1.81 bits per heavy atom. The van der Waals surface area contributed by atoms with Crippen LogP contribution in [-0.4, -0.2) is 19.7 Å². The molecule has 0 amide bonds. The van der Waals surface area contributed by atoms with Crippen molar-refractivity contribution >= 4 is 31.9 Å². The van der Waals surface area contributed by atoms with E-state index >= 15 is 0 Å². The fraction of sp³-hybridized carbons (Fsp3) is 0.300. The van der Waals surface area contributed by atoms with Crippen molar-refractivity contribution in [3.05, 3.63) is 27.7 Å². The standard InChI is InChI=1S/C10H10Br2N4/c1-6(2)16-5-7(4-13-16)10-14-8(11)3-9(12)15-10/h3-6H,1-2H3. The Bertz CT molecular complexity index is 487. The quantitative estimate of drug-likeness (QED) is 0.783. The smallest absolute Gasteiger partial charge is 0.164 e. The van der Waals surface area contributed by atoms with Crippen LogP contribution >= 0.6 is 31.9 Å². The van der Waals surface area contributed by atoms with Gasteiger partial charge in [-0.2, -0.15) is 5.10 Å². The summed E-state index contributed by atoms with van der Waals surface area (Å²) in [6, 6.07) is 2.14. The van der Waals surface area contributed by atoms with Gasteiger partial charge in [-0.25, -0.2) is 9.97 Å². The zero-order valence-electron chi connectivity index (χ0n) is 8.85. The Kier molecular flexibility index (Phi) is 3.39. The summed E-state index contributed by atoms with van der Waals surface area (Å²) in [5.74, 6) is 0.660. The van der Waals surface area contributed by atoms with Crippen LogP contribution in [0, 0.1) is 0 Å². The zero-order valence-corrected chi connectivity index (χ0v) is 12.0. The van der Waals surface area contributed by atoms with E-state index in [1.54, 1.807) is 12.3 Å². The molecule has 2 aromatic rings. The van der Waals surface area contributed by atoms with E-state index in [0.717, 1.165) is 14.8 Å². The lowest BCUT2D eigenvalue weighted by molar-refractivity contribution is 0.532. The lowest BCUT2D eigenvalue weighted by Gasteiger charge is -2.03. The van der Waals surface area contributed by atoms with Crippen molar-refractivity contribution in [2.45, 2.75) is 19.9 Å². The minimum Gasteiger partial charge on any atom is -0.270 e. The Morgan fingerprint density at radius 1 is 1.19 bits per heavy atom. The molecule has 0 aromatic carbocycles. The summed E-state index contributed by atoms with van der Waals surface area (Å²) in [5, 5.41) is 4.26. The first-order valence-electron chi connectivity index (χ1n) is 4.81. The Hall–Kier alpha value is -0.750. The van der Waals surface area contributed by atoms with Crippen LogP contribution in [0.4, 0.5) is 0 Å². The van der Waals surface area contributed by atoms with Gasteiger partial charge in [0.15, 0.2) is 5.82 Å². The van der Waals surface area contributed by atoms with E-state index in [2.05, 4.69) is 60.8 Å². The number of halogens is 2. The minimum absolute atomic E-state index is 0.337. The Balaban J connectivity index is 2.42. The van der Waals surface area contributed by atoms with E-state index in [0.29, 0.717) is 11.9 Å². The van der Waals surface area contributed by atoms with Crippen LogP contribution in [-0.2, 0) is 0 Å². The maximum Gasteiger partial charge on any atom is 0.164 e. The number of aromatic nitrogens is 4. The first-order chi connectivity index (χ1) is 7.56. The van der Waals surface area contributed by atoms with Crippen molar-refractivity contribution in [3.8, 4) is 11.4 Å². The molecule has 6 heteroatoms. The number of nitrogens with zero attached hydrogens (tertiary/aromatic N) is 4. The fourth-order valence-electron chi connectivity index (χ4n) is 1.26. The largest absolute Gasteiger partial charge is 0.270 e. The zero-order chi connectivity index (χ0) is 11.7. The fourth-order valence-corrected chi connectivity index (χ4v) is 2.33. The highest BCUT2D eigenvalue weighted by Gasteiger charge is 2.08. The second kappa shape index (κ2) is 4.63. The van der Waals surface area contributed by atoms with Gasteiger partial charge < -0.3 is 0 Å². The summed E-state index contributed by atoms with van der Waals surface area (Å²) in [6.45, 7) is 4.16. The third-order valence-corrected chi connectivity index (χ3v) is 2.86. The highest BCUT2D eigenvalue weighted by Crippen LogP contribution is 2.21. The van der Waals surface area contributed by atoms with Crippen molar-refractivity contribution in [2.24, 2.45) is 0 Å². The van der Waals surface area contributed by atoms with E-state index in [1.165, 1.54) is 0 Å². The van der Waals surface area contributed by atoms with Gasteiger partial charge in [0.2, 0.25) is 0 Å². The number of hydrogen-bond donors (Lipinski definition) is 0. The summed E-state index contributed by atoms with van der Waals surface area (Å²) in [5.41, 5.74) is 0.913. The number of rotatable bonds is 2. The van der Waals surface area contributed by atoms with E-state index in [4.69, 9.17) is 0 Å². The highest BCUT2D eigenvalue weighted by molar-refractivity contribution is 9.11. The van der Waals surface area contributed by atoms with Gasteiger partial charge in [-0.05, 0) is 45.7 Å². The normalized spacial score (nSPS) is 11.1. The summed E-state index contributed by atoms with van der Waals surface area (Å²) in [7, 11) is 0. The monoisotopic (exact) mass is 344 g/mol. The highest BCUT2D eigenvalue weighted by atomic mass is 79.9. The number of hydrogen-bond acceptors (Lipinski definition) is 3. The van der Waals surface area contributed by atoms with Gasteiger partial charge in [0, 0.05) is 18.3 Å². The molecule has 4 nitrogen and oxygen atoms in total. The first kappa shape index (κ1) is 11.7. The summed E-state index contributed by atoms with van der Waals surface area (Å²) >= 11 is 6.68. The summed E-state index contributed by atoms with van der Waals surface area (Å²) in [4.78, 5) is 8.60. The molecule has 0 saturated carbocycles. The molecule has 0 spiro atoms. The SMILES string of the molecule is CC(C)n1cc(-c2nc(Br)cc(Br)n2)cn1. The average Bonchev–Trinajstić information content (AvgIpc) is 2.64. The molecule has 0 fully saturated rings. The van der Waals surface area contributed by atoms with Gasteiger partial charge in [-0.1, -0.05) is 0 Å². The van der Waals surface area contributed by atoms with E-state index in [-0.39, 0.29) is 0 Å². The molecule has 0 bridgehead atoms. The van der Waals surface area contributed by atoms with Gasteiger partial charge in [0.1, 0.15) is 9.21 Å². The van der Waals surface area contributed by atoms with Gasteiger partial charge >= 0.3 is 0 Å². The molecular weight excluding hydrogens is 336 g/mol. The van der Waals surface area contributed by atoms with Crippen LogP contribution < -0.4 is 0 Å². The van der Waals surface area contributed by atoms with E-state index in [1.807, 2.05) is 10.9 Å². The Labute approximate surface area is 110 Å². The molecule has 0 aliphatic rings. The molecule has 2 rings (SSSR count). The maximum absolute atomic E-state index is 4.30. The van der Waals surface area contributed by atoms with E-state index in [9.17, 15) is 0 Å². The summed E-state index contributed by atoms with van der Waals surface area (Å²) < 4.78 is 3.39. The first-order valence-corrected chi connectivity index (χ1v) is 6.39. The molecule has 0 atom stereocenters. The molecule has 16 heavy (non-hydrogen) atoms. The molecule has 2 aromatic heterocycles. The summed E-state index contributed by atoms with van der Waals surface area (Å²) in [6.07, 6.45) is 3.72. The van der Waals surface area contributed by atoms with Gasteiger partial charge in [0.05, 0.1) is 11.8 Å². The molecular formula is C10H10Br2N4. The molecule has 0 unspecified atom stereocenters. The molecule has 2 heterocycles. The third kappa shape index (κ3) is 2.49. The van der Waals surface area contributed by atoms with Crippen LogP contribution in [0.25, 0.3) is 11.4 Å². The van der Waals surface area contributed by atoms with Crippen LogP contribution in [0.5, 0.6) is 0 Å². The predicted molar refractivity (Wildman–Crippen MR) is 69.0 cm³/mol. The van der Waals surface area contributed by atoms with E-state index < -0.39 is 0 Å². The topological polar surface area (TPSA) is 43.6 Å². The van der Waals surface area contributed by atoms with Crippen LogP contribution in [0.3, 0.4) is 0 Å². The average molecular weight is 346 g/mol. The van der Waals surface area contributed by atoms with Crippen molar-refractivity contribution in [1.29, 1.82) is 0 Å².